The molecule has 1 fully saturated rings. The average Bonchev–Trinajstić information content (AvgIpc) is 3.43. The Morgan fingerprint density at radius 1 is 1.19 bits per heavy atom. The molecule has 0 aliphatic carbocycles. The largest absolute Gasteiger partial charge is 0.459 e. The summed E-state index contributed by atoms with van der Waals surface area (Å²) in [5.41, 5.74) is 0.685. The van der Waals surface area contributed by atoms with Crippen molar-refractivity contribution < 1.29 is 32.0 Å². The van der Waals surface area contributed by atoms with Crippen LogP contribution in [0.3, 0.4) is 0 Å². The van der Waals surface area contributed by atoms with E-state index in [0.29, 0.717) is 18.7 Å². The van der Waals surface area contributed by atoms with E-state index in [4.69, 9.17) is 9.15 Å². The predicted octanol–water partition coefficient (Wildman–Crippen LogP) is 2.50. The number of anilines is 1. The number of hydrogen-bond acceptors (Lipinski definition) is 7. The van der Waals surface area contributed by atoms with Crippen LogP contribution in [0.2, 0.25) is 0 Å². The first-order valence-corrected chi connectivity index (χ1v) is 12.2. The van der Waals surface area contributed by atoms with Gasteiger partial charge in [0.1, 0.15) is 0 Å². The Balaban J connectivity index is 1.55. The predicted molar refractivity (Wildman–Crippen MR) is 117 cm³/mol. The minimum atomic E-state index is -3.14. The fraction of sp³-hybridized carbons (Fsp3) is 0.409. The minimum Gasteiger partial charge on any atom is -0.459 e. The van der Waals surface area contributed by atoms with Crippen molar-refractivity contribution in [3.63, 3.8) is 0 Å². The molecule has 1 aromatic carbocycles. The van der Waals surface area contributed by atoms with Gasteiger partial charge in [0.25, 0.3) is 11.8 Å². The molecule has 0 bridgehead atoms. The standard InChI is InChI=1S/C22H26N2O7S/c1-2-3-11-24(18-10-13-32(28,29)15-18)20(25)14-31-22(27)16-6-8-17(9-7-16)23-21(26)19-5-4-12-30-19/h4-9,12,18H,2-3,10-11,13-15H2,1H3,(H,23,26). The van der Waals surface area contributed by atoms with Crippen molar-refractivity contribution >= 4 is 33.3 Å². The van der Waals surface area contributed by atoms with Crippen molar-refractivity contribution in [2.24, 2.45) is 0 Å². The summed E-state index contributed by atoms with van der Waals surface area (Å²) in [7, 11) is -3.14. The Kier molecular flexibility index (Phi) is 7.68. The number of sulfone groups is 1. The van der Waals surface area contributed by atoms with E-state index in [-0.39, 0.29) is 28.9 Å². The molecule has 10 heteroatoms. The highest BCUT2D eigenvalue weighted by molar-refractivity contribution is 7.91. The molecule has 0 spiro atoms. The lowest BCUT2D eigenvalue weighted by Gasteiger charge is -2.28. The maximum absolute atomic E-state index is 12.7. The number of nitrogens with one attached hydrogen (secondary N) is 1. The van der Waals surface area contributed by atoms with Gasteiger partial charge in [0, 0.05) is 18.3 Å². The van der Waals surface area contributed by atoms with Crippen LogP contribution < -0.4 is 5.32 Å². The highest BCUT2D eigenvalue weighted by atomic mass is 32.2. The van der Waals surface area contributed by atoms with Crippen LogP contribution in [0.5, 0.6) is 0 Å². The van der Waals surface area contributed by atoms with E-state index < -0.39 is 34.2 Å². The van der Waals surface area contributed by atoms with Crippen molar-refractivity contribution in [2.45, 2.75) is 32.2 Å². The van der Waals surface area contributed by atoms with Crippen LogP contribution in [0.25, 0.3) is 0 Å². The fourth-order valence-electron chi connectivity index (χ4n) is 3.44. The average molecular weight is 463 g/mol. The number of benzene rings is 1. The summed E-state index contributed by atoms with van der Waals surface area (Å²) >= 11 is 0. The summed E-state index contributed by atoms with van der Waals surface area (Å²) < 4.78 is 33.8. The van der Waals surface area contributed by atoms with Crippen LogP contribution in [-0.4, -0.2) is 61.8 Å². The summed E-state index contributed by atoms with van der Waals surface area (Å²) in [6.07, 6.45) is 3.38. The van der Waals surface area contributed by atoms with Gasteiger partial charge in [-0.25, -0.2) is 13.2 Å². The lowest BCUT2D eigenvalue weighted by molar-refractivity contribution is -0.136. The third-order valence-electron chi connectivity index (χ3n) is 5.17. The molecule has 1 aromatic heterocycles. The summed E-state index contributed by atoms with van der Waals surface area (Å²) in [6.45, 7) is 1.95. The van der Waals surface area contributed by atoms with E-state index in [9.17, 15) is 22.8 Å². The van der Waals surface area contributed by atoms with Gasteiger partial charge in [-0.15, -0.1) is 0 Å². The highest BCUT2D eigenvalue weighted by Crippen LogP contribution is 2.19. The molecule has 1 aliphatic rings. The molecular formula is C22H26N2O7S. The van der Waals surface area contributed by atoms with E-state index >= 15 is 0 Å². The zero-order valence-electron chi connectivity index (χ0n) is 17.8. The molecular weight excluding hydrogens is 436 g/mol. The Labute approximate surface area is 186 Å². The second kappa shape index (κ2) is 10.4. The van der Waals surface area contributed by atoms with E-state index in [2.05, 4.69) is 5.32 Å². The third-order valence-corrected chi connectivity index (χ3v) is 6.92. The van der Waals surface area contributed by atoms with Gasteiger partial charge >= 0.3 is 5.97 Å². The molecule has 2 aromatic rings. The summed E-state index contributed by atoms with van der Waals surface area (Å²) in [4.78, 5) is 38.5. The number of rotatable bonds is 9. The van der Waals surface area contributed by atoms with Gasteiger partial charge in [-0.3, -0.25) is 9.59 Å². The molecule has 0 saturated carbocycles. The normalized spacial score (nSPS) is 17.0. The van der Waals surface area contributed by atoms with Crippen LogP contribution in [0, 0.1) is 0 Å². The van der Waals surface area contributed by atoms with Crippen molar-refractivity contribution in [3.05, 3.63) is 54.0 Å². The smallest absolute Gasteiger partial charge is 0.338 e. The molecule has 1 saturated heterocycles. The number of hydrogen-bond donors (Lipinski definition) is 1. The lowest BCUT2D eigenvalue weighted by Crippen LogP contribution is -2.43. The monoisotopic (exact) mass is 462 g/mol. The van der Waals surface area contributed by atoms with Gasteiger partial charge in [0.2, 0.25) is 0 Å². The van der Waals surface area contributed by atoms with Crippen LogP contribution in [0.15, 0.2) is 47.1 Å². The maximum atomic E-state index is 12.7. The number of amides is 2. The molecule has 172 valence electrons. The highest BCUT2D eigenvalue weighted by Gasteiger charge is 2.34. The third kappa shape index (κ3) is 6.19. The zero-order chi connectivity index (χ0) is 23.1. The minimum absolute atomic E-state index is 0.0540. The molecule has 2 amide bonds. The number of furan rings is 1. The van der Waals surface area contributed by atoms with Gasteiger partial charge in [-0.1, -0.05) is 13.3 Å². The second-order valence-corrected chi connectivity index (χ2v) is 9.81. The molecule has 1 unspecified atom stereocenters. The Morgan fingerprint density at radius 2 is 1.94 bits per heavy atom. The Morgan fingerprint density at radius 3 is 2.53 bits per heavy atom. The quantitative estimate of drug-likeness (QED) is 0.568. The lowest BCUT2D eigenvalue weighted by atomic mass is 10.2. The Bertz CT molecular complexity index is 1050. The molecule has 9 nitrogen and oxygen atoms in total. The second-order valence-electron chi connectivity index (χ2n) is 7.58. The van der Waals surface area contributed by atoms with Crippen molar-refractivity contribution in [1.29, 1.82) is 0 Å². The van der Waals surface area contributed by atoms with Crippen LogP contribution in [0.1, 0.15) is 47.1 Å². The summed E-state index contributed by atoms with van der Waals surface area (Å²) in [5.74, 6) is -1.34. The fourth-order valence-corrected chi connectivity index (χ4v) is 5.17. The Hall–Kier alpha value is -3.14. The van der Waals surface area contributed by atoms with Crippen molar-refractivity contribution in [2.75, 3.05) is 30.0 Å². The molecule has 1 N–H and O–H groups in total. The molecule has 2 heterocycles. The van der Waals surface area contributed by atoms with Crippen LogP contribution in [0.4, 0.5) is 5.69 Å². The SMILES string of the molecule is CCCCN(C(=O)COC(=O)c1ccc(NC(=O)c2ccco2)cc1)C1CCS(=O)(=O)C1. The van der Waals surface area contributed by atoms with E-state index in [1.807, 2.05) is 6.92 Å². The zero-order valence-corrected chi connectivity index (χ0v) is 18.6. The number of carbonyl (C=O) groups is 3. The van der Waals surface area contributed by atoms with Crippen LogP contribution >= 0.6 is 0 Å². The van der Waals surface area contributed by atoms with Gasteiger partial charge in [0.05, 0.1) is 23.3 Å². The van der Waals surface area contributed by atoms with Gasteiger partial charge in [-0.05, 0) is 49.2 Å². The maximum Gasteiger partial charge on any atom is 0.338 e. The van der Waals surface area contributed by atoms with E-state index in [1.165, 1.54) is 41.5 Å². The molecule has 0 radical (unpaired) electrons. The first-order chi connectivity index (χ1) is 15.3. The van der Waals surface area contributed by atoms with Gasteiger partial charge in [-0.2, -0.15) is 0 Å². The van der Waals surface area contributed by atoms with Gasteiger partial charge in [0.15, 0.2) is 22.2 Å². The molecule has 32 heavy (non-hydrogen) atoms. The topological polar surface area (TPSA) is 123 Å². The van der Waals surface area contributed by atoms with E-state index in [1.54, 1.807) is 6.07 Å². The number of nitrogens with zero attached hydrogens (tertiary/aromatic N) is 1. The first-order valence-electron chi connectivity index (χ1n) is 10.4. The number of esters is 1. The summed E-state index contributed by atoms with van der Waals surface area (Å²) in [6, 6.07) is 8.78. The number of unbranched alkanes of at least 4 members (excludes halogenated alkanes) is 1. The molecule has 3 rings (SSSR count). The van der Waals surface area contributed by atoms with E-state index in [0.717, 1.165) is 12.8 Å². The number of carbonyl (C=O) groups excluding carboxylic acids is 3. The van der Waals surface area contributed by atoms with Crippen molar-refractivity contribution in [3.8, 4) is 0 Å². The van der Waals surface area contributed by atoms with Crippen molar-refractivity contribution in [1.82, 2.24) is 4.90 Å². The summed E-state index contributed by atoms with van der Waals surface area (Å²) in [5, 5.41) is 2.64. The molecule has 1 aliphatic heterocycles. The number of ether oxygens (including phenoxy) is 1. The first kappa shape index (κ1) is 23.5. The van der Waals surface area contributed by atoms with Crippen LogP contribution in [-0.2, 0) is 19.4 Å². The van der Waals surface area contributed by atoms with Gasteiger partial charge < -0.3 is 19.4 Å². The molecule has 1 atom stereocenters.